The zero-order chi connectivity index (χ0) is 19.1. The molecule has 0 aromatic carbocycles. The van der Waals surface area contributed by atoms with Crippen LogP contribution in [0.4, 0.5) is 0 Å². The van der Waals surface area contributed by atoms with Gasteiger partial charge in [-0.25, -0.2) is 9.97 Å². The lowest BCUT2D eigenvalue weighted by molar-refractivity contribution is 0.0562. The predicted molar refractivity (Wildman–Crippen MR) is 101 cm³/mol. The number of aryl methyl sites for hydroxylation is 1. The third-order valence-electron chi connectivity index (χ3n) is 6.87. The largest absolute Gasteiger partial charge is 0.425 e. The van der Waals surface area contributed by atoms with E-state index >= 15 is 0 Å². The molecule has 148 valence electrons. The molecule has 2 unspecified atom stereocenters. The van der Waals surface area contributed by atoms with Crippen molar-refractivity contribution in [3.63, 3.8) is 0 Å². The van der Waals surface area contributed by atoms with Crippen LogP contribution < -0.4 is 0 Å². The molecule has 8 heteroatoms. The first-order valence-electron chi connectivity index (χ1n) is 10.3. The van der Waals surface area contributed by atoms with Gasteiger partial charge in [-0.05, 0) is 25.3 Å². The summed E-state index contributed by atoms with van der Waals surface area (Å²) >= 11 is 0. The summed E-state index contributed by atoms with van der Waals surface area (Å²) in [5.41, 5.74) is 0.313. The molecule has 1 amide bonds. The fourth-order valence-electron chi connectivity index (χ4n) is 5.38. The van der Waals surface area contributed by atoms with Crippen molar-refractivity contribution in [2.24, 2.45) is 5.92 Å². The molecule has 5 rings (SSSR count). The summed E-state index contributed by atoms with van der Waals surface area (Å²) in [7, 11) is 0. The number of piperidine rings is 1. The topological polar surface area (TPSA) is 88.2 Å². The average Bonchev–Trinajstić information content (AvgIpc) is 3.46. The van der Waals surface area contributed by atoms with Crippen LogP contribution in [0.15, 0.2) is 23.0 Å². The van der Waals surface area contributed by atoms with Gasteiger partial charge in [-0.2, -0.15) is 0 Å². The Morgan fingerprint density at radius 3 is 2.82 bits per heavy atom. The molecule has 2 aromatic heterocycles. The van der Waals surface area contributed by atoms with Gasteiger partial charge >= 0.3 is 0 Å². The van der Waals surface area contributed by atoms with E-state index in [0.717, 1.165) is 25.4 Å². The Labute approximate surface area is 164 Å². The zero-order valence-electron chi connectivity index (χ0n) is 16.3. The quantitative estimate of drug-likeness (QED) is 0.800. The van der Waals surface area contributed by atoms with Crippen LogP contribution in [0.25, 0.3) is 0 Å². The standard InChI is InChI=1S/C20H26N6O2/c1-14-23-24-19(28-14)20-7-9-25(18(27)17-6-8-21-13-22-17)10-15(20)11-26(12-20)16-4-2-3-5-16/h6,8,13,15-16H,2-5,7,9-12H2,1H3. The maximum Gasteiger partial charge on any atom is 0.272 e. The summed E-state index contributed by atoms with van der Waals surface area (Å²) in [5.74, 6) is 1.65. The minimum atomic E-state index is -0.147. The number of amides is 1. The molecule has 2 aliphatic heterocycles. The summed E-state index contributed by atoms with van der Waals surface area (Å²) in [6, 6.07) is 2.34. The first-order chi connectivity index (χ1) is 13.7. The number of rotatable bonds is 3. The van der Waals surface area contributed by atoms with Gasteiger partial charge in [0.2, 0.25) is 11.8 Å². The van der Waals surface area contributed by atoms with Gasteiger partial charge in [-0.1, -0.05) is 12.8 Å². The molecule has 0 radical (unpaired) electrons. The molecule has 4 heterocycles. The highest BCUT2D eigenvalue weighted by atomic mass is 16.4. The Hall–Kier alpha value is -2.35. The number of hydrogen-bond donors (Lipinski definition) is 0. The molecule has 2 aromatic rings. The molecule has 0 spiro atoms. The second kappa shape index (κ2) is 6.92. The molecule has 28 heavy (non-hydrogen) atoms. The van der Waals surface area contributed by atoms with Gasteiger partial charge in [0, 0.05) is 51.3 Å². The maximum atomic E-state index is 12.9. The second-order valence-corrected chi connectivity index (χ2v) is 8.44. The van der Waals surface area contributed by atoms with Crippen LogP contribution in [0.3, 0.4) is 0 Å². The van der Waals surface area contributed by atoms with E-state index in [0.29, 0.717) is 36.6 Å². The summed E-state index contributed by atoms with van der Waals surface area (Å²) in [6.07, 6.45) is 9.07. The third kappa shape index (κ3) is 2.90. The van der Waals surface area contributed by atoms with Gasteiger partial charge in [0.15, 0.2) is 0 Å². The normalized spacial score (nSPS) is 28.6. The maximum absolute atomic E-state index is 12.9. The fraction of sp³-hybridized carbons (Fsp3) is 0.650. The Kier molecular flexibility index (Phi) is 4.38. The Balaban J connectivity index is 1.42. The number of aromatic nitrogens is 4. The highest BCUT2D eigenvalue weighted by Crippen LogP contribution is 2.46. The van der Waals surface area contributed by atoms with Crippen molar-refractivity contribution in [3.8, 4) is 0 Å². The zero-order valence-corrected chi connectivity index (χ0v) is 16.3. The highest BCUT2D eigenvalue weighted by molar-refractivity contribution is 5.92. The number of carbonyl (C=O) groups excluding carboxylic acids is 1. The predicted octanol–water partition coefficient (Wildman–Crippen LogP) is 1.83. The van der Waals surface area contributed by atoms with Crippen molar-refractivity contribution in [2.75, 3.05) is 26.2 Å². The van der Waals surface area contributed by atoms with Crippen molar-refractivity contribution in [2.45, 2.75) is 50.5 Å². The second-order valence-electron chi connectivity index (χ2n) is 8.44. The summed E-state index contributed by atoms with van der Waals surface area (Å²) in [6.45, 7) is 5.17. The lowest BCUT2D eigenvalue weighted by atomic mass is 9.72. The van der Waals surface area contributed by atoms with E-state index < -0.39 is 0 Å². The van der Waals surface area contributed by atoms with Gasteiger partial charge in [0.05, 0.1) is 5.41 Å². The molecule has 0 N–H and O–H groups in total. The van der Waals surface area contributed by atoms with E-state index in [1.807, 2.05) is 11.8 Å². The molecule has 1 saturated carbocycles. The monoisotopic (exact) mass is 382 g/mol. The van der Waals surface area contributed by atoms with Crippen LogP contribution in [0.2, 0.25) is 0 Å². The van der Waals surface area contributed by atoms with E-state index in [1.165, 1.54) is 32.0 Å². The van der Waals surface area contributed by atoms with E-state index in [1.54, 1.807) is 12.3 Å². The van der Waals surface area contributed by atoms with Crippen LogP contribution in [0.1, 0.15) is 54.4 Å². The Bertz CT molecular complexity index is 849. The van der Waals surface area contributed by atoms with Gasteiger partial charge < -0.3 is 9.32 Å². The number of fused-ring (bicyclic) bond motifs is 1. The van der Waals surface area contributed by atoms with E-state index in [-0.39, 0.29) is 11.3 Å². The minimum Gasteiger partial charge on any atom is -0.425 e. The first kappa shape index (κ1) is 17.7. The first-order valence-corrected chi connectivity index (χ1v) is 10.3. The number of nitrogens with zero attached hydrogens (tertiary/aromatic N) is 6. The molecular weight excluding hydrogens is 356 g/mol. The molecule has 1 aliphatic carbocycles. The Morgan fingerprint density at radius 1 is 1.25 bits per heavy atom. The van der Waals surface area contributed by atoms with Gasteiger partial charge in [0.1, 0.15) is 12.0 Å². The summed E-state index contributed by atoms with van der Waals surface area (Å²) in [4.78, 5) is 25.6. The average molecular weight is 382 g/mol. The molecule has 2 saturated heterocycles. The van der Waals surface area contributed by atoms with E-state index in [2.05, 4.69) is 25.1 Å². The van der Waals surface area contributed by atoms with E-state index in [9.17, 15) is 4.79 Å². The lowest BCUT2D eigenvalue weighted by Crippen LogP contribution is -2.51. The van der Waals surface area contributed by atoms with Crippen molar-refractivity contribution in [3.05, 3.63) is 36.1 Å². The molecule has 3 aliphatic rings. The molecule has 3 fully saturated rings. The number of likely N-dealkylation sites (tertiary alicyclic amines) is 2. The number of hydrogen-bond acceptors (Lipinski definition) is 7. The van der Waals surface area contributed by atoms with E-state index in [4.69, 9.17) is 4.42 Å². The van der Waals surface area contributed by atoms with Gasteiger partial charge in [0.25, 0.3) is 5.91 Å². The van der Waals surface area contributed by atoms with Crippen LogP contribution in [-0.2, 0) is 5.41 Å². The summed E-state index contributed by atoms with van der Waals surface area (Å²) in [5, 5.41) is 8.53. The SMILES string of the molecule is Cc1nnc(C23CCN(C(=O)c4ccncn4)CC2CN(C2CCCC2)C3)o1. The molecule has 2 atom stereocenters. The fourth-order valence-corrected chi connectivity index (χ4v) is 5.38. The van der Waals surface area contributed by atoms with Crippen molar-refractivity contribution < 1.29 is 9.21 Å². The van der Waals surface area contributed by atoms with Crippen molar-refractivity contribution in [1.82, 2.24) is 30.0 Å². The molecular formula is C20H26N6O2. The Morgan fingerprint density at radius 2 is 2.11 bits per heavy atom. The van der Waals surface area contributed by atoms with Crippen LogP contribution in [0.5, 0.6) is 0 Å². The smallest absolute Gasteiger partial charge is 0.272 e. The van der Waals surface area contributed by atoms with Crippen molar-refractivity contribution in [1.29, 1.82) is 0 Å². The van der Waals surface area contributed by atoms with Gasteiger partial charge in [-0.3, -0.25) is 9.69 Å². The lowest BCUT2D eigenvalue weighted by Gasteiger charge is -2.41. The van der Waals surface area contributed by atoms with Crippen LogP contribution in [-0.4, -0.2) is 68.1 Å². The van der Waals surface area contributed by atoms with Crippen LogP contribution >= 0.6 is 0 Å². The minimum absolute atomic E-state index is 0.0166. The van der Waals surface area contributed by atoms with Gasteiger partial charge in [-0.15, -0.1) is 10.2 Å². The third-order valence-corrected chi connectivity index (χ3v) is 6.87. The van der Waals surface area contributed by atoms with Crippen molar-refractivity contribution >= 4 is 5.91 Å². The molecule has 0 bridgehead atoms. The van der Waals surface area contributed by atoms with Crippen LogP contribution in [0, 0.1) is 12.8 Å². The number of carbonyl (C=O) groups is 1. The highest BCUT2D eigenvalue weighted by Gasteiger charge is 2.55. The summed E-state index contributed by atoms with van der Waals surface area (Å²) < 4.78 is 5.95. The molecule has 8 nitrogen and oxygen atoms in total.